The van der Waals surface area contributed by atoms with E-state index in [1.807, 2.05) is 0 Å². The molecule has 2 rings (SSSR count). The lowest BCUT2D eigenvalue weighted by Crippen LogP contribution is -2.20. The number of rotatable bonds is 3. The minimum absolute atomic E-state index is 0.245. The molecular formula is C13H19BrOS. The molecule has 0 aromatic carbocycles. The number of thiophene rings is 1. The van der Waals surface area contributed by atoms with Crippen LogP contribution in [0.2, 0.25) is 0 Å². The van der Waals surface area contributed by atoms with E-state index in [4.69, 9.17) is 0 Å². The van der Waals surface area contributed by atoms with Gasteiger partial charge in [-0.15, -0.1) is 11.3 Å². The first-order valence-corrected chi connectivity index (χ1v) is 7.80. The number of halogens is 1. The number of aliphatic hydroxyl groups excluding tert-OH is 1. The molecule has 1 saturated carbocycles. The van der Waals surface area contributed by atoms with Gasteiger partial charge in [-0.05, 0) is 46.7 Å². The zero-order chi connectivity index (χ0) is 11.5. The number of hydrogen-bond acceptors (Lipinski definition) is 2. The maximum absolute atomic E-state index is 10.4. The van der Waals surface area contributed by atoms with E-state index in [1.54, 1.807) is 11.3 Å². The molecule has 0 spiro atoms. The van der Waals surface area contributed by atoms with Crippen LogP contribution in [0.5, 0.6) is 0 Å². The topological polar surface area (TPSA) is 20.2 Å². The summed E-state index contributed by atoms with van der Waals surface area (Å²) in [5.74, 6) is 1.31. The fourth-order valence-electron chi connectivity index (χ4n) is 2.71. The van der Waals surface area contributed by atoms with Crippen molar-refractivity contribution in [1.29, 1.82) is 0 Å². The van der Waals surface area contributed by atoms with Crippen LogP contribution in [-0.4, -0.2) is 5.11 Å². The predicted molar refractivity (Wildman–Crippen MR) is 72.7 cm³/mol. The van der Waals surface area contributed by atoms with Gasteiger partial charge >= 0.3 is 0 Å². The molecular weight excluding hydrogens is 284 g/mol. The molecule has 3 heteroatoms. The van der Waals surface area contributed by atoms with Crippen LogP contribution >= 0.6 is 27.3 Å². The van der Waals surface area contributed by atoms with Crippen molar-refractivity contribution in [3.05, 3.63) is 20.8 Å². The van der Waals surface area contributed by atoms with E-state index in [0.29, 0.717) is 5.92 Å². The quantitative estimate of drug-likeness (QED) is 0.853. The fraction of sp³-hybridized carbons (Fsp3) is 0.692. The molecule has 0 amide bonds. The standard InChI is InChI=1S/C13H19BrOS/c1-2-9-4-3-5-10(6-9)13(15)12-7-11(14)8-16-12/h7-10,13,15H,2-6H2,1H3. The molecule has 1 aliphatic rings. The molecule has 1 N–H and O–H groups in total. The van der Waals surface area contributed by atoms with Gasteiger partial charge in [0.15, 0.2) is 0 Å². The summed E-state index contributed by atoms with van der Waals surface area (Å²) in [6.07, 6.45) is 6.05. The average molecular weight is 303 g/mol. The van der Waals surface area contributed by atoms with Crippen molar-refractivity contribution in [3.63, 3.8) is 0 Å². The summed E-state index contributed by atoms with van der Waals surface area (Å²) in [5, 5.41) is 12.4. The minimum Gasteiger partial charge on any atom is -0.387 e. The van der Waals surface area contributed by atoms with E-state index in [2.05, 4.69) is 34.3 Å². The summed E-state index contributed by atoms with van der Waals surface area (Å²) in [7, 11) is 0. The average Bonchev–Trinajstić information content (AvgIpc) is 2.75. The first kappa shape index (κ1) is 12.6. The van der Waals surface area contributed by atoms with E-state index < -0.39 is 0 Å². The fourth-order valence-corrected chi connectivity index (χ4v) is 4.23. The number of hydrogen-bond donors (Lipinski definition) is 1. The second-order valence-corrected chi connectivity index (χ2v) is 6.67. The molecule has 1 heterocycles. The Morgan fingerprint density at radius 2 is 2.38 bits per heavy atom. The second kappa shape index (κ2) is 5.65. The van der Waals surface area contributed by atoms with Crippen molar-refractivity contribution in [1.82, 2.24) is 0 Å². The maximum atomic E-state index is 10.4. The molecule has 1 aliphatic carbocycles. The van der Waals surface area contributed by atoms with Gasteiger partial charge < -0.3 is 5.11 Å². The van der Waals surface area contributed by atoms with Crippen molar-refractivity contribution in [2.45, 2.75) is 45.1 Å². The van der Waals surface area contributed by atoms with Crippen LogP contribution in [0.25, 0.3) is 0 Å². The van der Waals surface area contributed by atoms with Crippen molar-refractivity contribution in [2.75, 3.05) is 0 Å². The molecule has 0 aliphatic heterocycles. The largest absolute Gasteiger partial charge is 0.387 e. The van der Waals surface area contributed by atoms with E-state index in [0.717, 1.165) is 15.3 Å². The van der Waals surface area contributed by atoms with Gasteiger partial charge in [0.1, 0.15) is 0 Å². The molecule has 1 nitrogen and oxygen atoms in total. The Balaban J connectivity index is 2.01. The Bertz CT molecular complexity index is 336. The van der Waals surface area contributed by atoms with Crippen LogP contribution in [-0.2, 0) is 0 Å². The molecule has 16 heavy (non-hydrogen) atoms. The summed E-state index contributed by atoms with van der Waals surface area (Å²) in [4.78, 5) is 1.12. The van der Waals surface area contributed by atoms with Gasteiger partial charge in [0.05, 0.1) is 6.10 Å². The predicted octanol–water partition coefficient (Wildman–Crippen LogP) is 4.76. The van der Waals surface area contributed by atoms with Gasteiger partial charge in [-0.25, -0.2) is 0 Å². The number of aliphatic hydroxyl groups is 1. The zero-order valence-corrected chi connectivity index (χ0v) is 12.1. The van der Waals surface area contributed by atoms with E-state index in [-0.39, 0.29) is 6.10 Å². The summed E-state index contributed by atoms with van der Waals surface area (Å²) >= 11 is 5.11. The van der Waals surface area contributed by atoms with Crippen LogP contribution in [0.3, 0.4) is 0 Å². The molecule has 1 aromatic rings. The van der Waals surface area contributed by atoms with Crippen molar-refractivity contribution >= 4 is 27.3 Å². The molecule has 3 atom stereocenters. The highest BCUT2D eigenvalue weighted by atomic mass is 79.9. The van der Waals surface area contributed by atoms with Crippen molar-refractivity contribution < 1.29 is 5.11 Å². The summed E-state index contributed by atoms with van der Waals surface area (Å²) in [6.45, 7) is 2.27. The highest BCUT2D eigenvalue weighted by molar-refractivity contribution is 9.10. The third-order valence-electron chi connectivity index (χ3n) is 3.73. The zero-order valence-electron chi connectivity index (χ0n) is 9.66. The van der Waals surface area contributed by atoms with Crippen LogP contribution in [0.15, 0.2) is 15.9 Å². The first-order chi connectivity index (χ1) is 7.70. The maximum Gasteiger partial charge on any atom is 0.0910 e. The van der Waals surface area contributed by atoms with Gasteiger partial charge in [-0.1, -0.05) is 26.2 Å². The van der Waals surface area contributed by atoms with Crippen LogP contribution in [0.4, 0.5) is 0 Å². The summed E-state index contributed by atoms with van der Waals surface area (Å²) < 4.78 is 1.09. The van der Waals surface area contributed by atoms with Crippen LogP contribution in [0.1, 0.15) is 50.0 Å². The molecule has 1 fully saturated rings. The molecule has 0 radical (unpaired) electrons. The lowest BCUT2D eigenvalue weighted by molar-refractivity contribution is 0.0705. The van der Waals surface area contributed by atoms with E-state index in [9.17, 15) is 5.11 Å². The molecule has 1 aromatic heterocycles. The Morgan fingerprint density at radius 3 is 3.00 bits per heavy atom. The van der Waals surface area contributed by atoms with Gasteiger partial charge in [0, 0.05) is 14.7 Å². The molecule has 3 unspecified atom stereocenters. The third-order valence-corrected chi connectivity index (χ3v) is 5.49. The smallest absolute Gasteiger partial charge is 0.0910 e. The highest BCUT2D eigenvalue weighted by Gasteiger charge is 2.28. The minimum atomic E-state index is -0.245. The van der Waals surface area contributed by atoms with E-state index >= 15 is 0 Å². The lowest BCUT2D eigenvalue weighted by atomic mass is 9.77. The van der Waals surface area contributed by atoms with Gasteiger partial charge in [-0.2, -0.15) is 0 Å². The first-order valence-electron chi connectivity index (χ1n) is 6.12. The Kier molecular flexibility index (Phi) is 4.45. The van der Waals surface area contributed by atoms with Gasteiger partial charge in [0.25, 0.3) is 0 Å². The van der Waals surface area contributed by atoms with Crippen molar-refractivity contribution in [3.8, 4) is 0 Å². The van der Waals surface area contributed by atoms with Gasteiger partial charge in [0.2, 0.25) is 0 Å². The Labute approximate surface area is 110 Å². The molecule has 0 saturated heterocycles. The Hall–Kier alpha value is 0.140. The monoisotopic (exact) mass is 302 g/mol. The Morgan fingerprint density at radius 1 is 1.56 bits per heavy atom. The normalized spacial score (nSPS) is 27.9. The summed E-state index contributed by atoms with van der Waals surface area (Å²) in [5.41, 5.74) is 0. The lowest BCUT2D eigenvalue weighted by Gasteiger charge is -2.31. The van der Waals surface area contributed by atoms with Crippen LogP contribution in [0, 0.1) is 11.8 Å². The van der Waals surface area contributed by atoms with Crippen LogP contribution < -0.4 is 0 Å². The summed E-state index contributed by atoms with van der Waals surface area (Å²) in [6, 6.07) is 2.06. The van der Waals surface area contributed by atoms with Crippen molar-refractivity contribution in [2.24, 2.45) is 11.8 Å². The molecule has 90 valence electrons. The van der Waals surface area contributed by atoms with E-state index in [1.165, 1.54) is 32.1 Å². The van der Waals surface area contributed by atoms with Gasteiger partial charge in [-0.3, -0.25) is 0 Å². The highest BCUT2D eigenvalue weighted by Crippen LogP contribution is 2.40. The third kappa shape index (κ3) is 2.88. The SMILES string of the molecule is CCC1CCCC(C(O)c2cc(Br)cs2)C1. The molecule has 0 bridgehead atoms. The second-order valence-electron chi connectivity index (χ2n) is 4.81.